The molecule has 92 valence electrons. The van der Waals surface area contributed by atoms with Gasteiger partial charge >= 0.3 is 5.97 Å². The molecule has 3 nitrogen and oxygen atoms in total. The second-order valence-electron chi connectivity index (χ2n) is 3.94. The number of aryl methyl sites for hydroxylation is 1. The molecule has 4 heteroatoms. The van der Waals surface area contributed by atoms with Crippen LogP contribution < -0.4 is 5.32 Å². The number of nitrogens with one attached hydrogen (secondary N) is 1. The van der Waals surface area contributed by atoms with E-state index in [0.717, 1.165) is 0 Å². The molecule has 0 atom stereocenters. The third-order valence-electron chi connectivity index (χ3n) is 2.60. The molecule has 0 aliphatic rings. The van der Waals surface area contributed by atoms with Gasteiger partial charge in [-0.15, -0.1) is 0 Å². The van der Waals surface area contributed by atoms with E-state index >= 15 is 0 Å². The van der Waals surface area contributed by atoms with Crippen molar-refractivity contribution < 1.29 is 14.3 Å². The summed E-state index contributed by atoms with van der Waals surface area (Å²) < 4.78 is 13.7. The molecule has 0 amide bonds. The topological polar surface area (TPSA) is 49.3 Å². The Labute approximate surface area is 104 Å². The number of carbonyl (C=O) groups is 1. The summed E-state index contributed by atoms with van der Waals surface area (Å²) in [5.74, 6) is -1.29. The number of hydrogen-bond donors (Lipinski definition) is 2. The van der Waals surface area contributed by atoms with Crippen LogP contribution >= 0.6 is 0 Å². The summed E-state index contributed by atoms with van der Waals surface area (Å²) in [6.07, 6.45) is 0. The predicted octanol–water partition coefficient (Wildman–Crippen LogP) is 3.58. The molecule has 0 saturated heterocycles. The van der Waals surface area contributed by atoms with Gasteiger partial charge in [-0.1, -0.05) is 12.1 Å². The summed E-state index contributed by atoms with van der Waals surface area (Å²) in [6, 6.07) is 11.2. The first-order valence-corrected chi connectivity index (χ1v) is 5.43. The summed E-state index contributed by atoms with van der Waals surface area (Å²) in [6.45, 7) is 1.69. The van der Waals surface area contributed by atoms with Crippen molar-refractivity contribution in [1.82, 2.24) is 0 Å². The van der Waals surface area contributed by atoms with Gasteiger partial charge in [0.15, 0.2) is 0 Å². The standard InChI is InChI=1S/C14H12FNO2/c1-9-3-2-4-12(13(9)15)16-11-7-5-10(6-8-11)14(17)18/h2-8,16H,1H3,(H,17,18). The van der Waals surface area contributed by atoms with Crippen LogP contribution in [0.25, 0.3) is 0 Å². The fraction of sp³-hybridized carbons (Fsp3) is 0.0714. The monoisotopic (exact) mass is 245 g/mol. The molecule has 0 aliphatic heterocycles. The minimum Gasteiger partial charge on any atom is -0.478 e. The van der Waals surface area contributed by atoms with Crippen molar-refractivity contribution >= 4 is 17.3 Å². The quantitative estimate of drug-likeness (QED) is 0.869. The van der Waals surface area contributed by atoms with Crippen molar-refractivity contribution in [3.05, 3.63) is 59.4 Å². The Morgan fingerprint density at radius 2 is 1.83 bits per heavy atom. The Bertz CT molecular complexity index is 579. The molecule has 0 radical (unpaired) electrons. The van der Waals surface area contributed by atoms with Crippen molar-refractivity contribution in [2.75, 3.05) is 5.32 Å². The van der Waals surface area contributed by atoms with E-state index < -0.39 is 5.97 Å². The van der Waals surface area contributed by atoms with Crippen LogP contribution in [0, 0.1) is 12.7 Å². The van der Waals surface area contributed by atoms with Gasteiger partial charge < -0.3 is 10.4 Å². The zero-order valence-corrected chi connectivity index (χ0v) is 9.77. The molecule has 0 unspecified atom stereocenters. The molecule has 2 aromatic rings. The van der Waals surface area contributed by atoms with Gasteiger partial charge in [0.2, 0.25) is 0 Å². The van der Waals surface area contributed by atoms with Gasteiger partial charge in [0.05, 0.1) is 11.3 Å². The largest absolute Gasteiger partial charge is 0.478 e. The van der Waals surface area contributed by atoms with Crippen LogP contribution in [0.15, 0.2) is 42.5 Å². The first-order valence-electron chi connectivity index (χ1n) is 5.43. The van der Waals surface area contributed by atoms with Gasteiger partial charge in [-0.2, -0.15) is 0 Å². The van der Waals surface area contributed by atoms with Gasteiger partial charge in [-0.25, -0.2) is 9.18 Å². The Balaban J connectivity index is 2.24. The lowest BCUT2D eigenvalue weighted by molar-refractivity contribution is 0.0697. The fourth-order valence-corrected chi connectivity index (χ4v) is 1.60. The molecule has 0 aromatic heterocycles. The number of anilines is 2. The van der Waals surface area contributed by atoms with Crippen molar-refractivity contribution in [3.8, 4) is 0 Å². The van der Waals surface area contributed by atoms with Crippen LogP contribution in [0.1, 0.15) is 15.9 Å². The number of carboxylic acids is 1. The molecule has 0 bridgehead atoms. The Morgan fingerprint density at radius 1 is 1.17 bits per heavy atom. The van der Waals surface area contributed by atoms with Crippen LogP contribution in [-0.4, -0.2) is 11.1 Å². The highest BCUT2D eigenvalue weighted by atomic mass is 19.1. The van der Waals surface area contributed by atoms with Gasteiger partial charge in [0.1, 0.15) is 5.82 Å². The molecule has 0 fully saturated rings. The molecule has 2 aromatic carbocycles. The van der Waals surface area contributed by atoms with E-state index in [4.69, 9.17) is 5.11 Å². The average Bonchev–Trinajstić information content (AvgIpc) is 2.36. The van der Waals surface area contributed by atoms with E-state index in [0.29, 0.717) is 16.9 Å². The SMILES string of the molecule is Cc1cccc(Nc2ccc(C(=O)O)cc2)c1F. The van der Waals surface area contributed by atoms with E-state index in [1.165, 1.54) is 12.1 Å². The van der Waals surface area contributed by atoms with E-state index in [1.54, 1.807) is 37.3 Å². The molecule has 2 rings (SSSR count). The number of halogens is 1. The smallest absolute Gasteiger partial charge is 0.335 e. The van der Waals surface area contributed by atoms with Crippen molar-refractivity contribution in [2.24, 2.45) is 0 Å². The van der Waals surface area contributed by atoms with E-state index in [-0.39, 0.29) is 11.4 Å². The Morgan fingerprint density at radius 3 is 2.44 bits per heavy atom. The first-order chi connectivity index (χ1) is 8.58. The number of carboxylic acid groups (broad SMARTS) is 1. The van der Waals surface area contributed by atoms with Crippen LogP contribution in [-0.2, 0) is 0 Å². The third-order valence-corrected chi connectivity index (χ3v) is 2.60. The lowest BCUT2D eigenvalue weighted by atomic mass is 10.2. The molecular weight excluding hydrogens is 233 g/mol. The number of hydrogen-bond acceptors (Lipinski definition) is 2. The van der Waals surface area contributed by atoms with Gasteiger partial charge in [0.25, 0.3) is 0 Å². The van der Waals surface area contributed by atoms with Crippen molar-refractivity contribution in [2.45, 2.75) is 6.92 Å². The maximum atomic E-state index is 13.7. The summed E-state index contributed by atoms with van der Waals surface area (Å²) in [5, 5.41) is 11.7. The second-order valence-corrected chi connectivity index (χ2v) is 3.94. The maximum absolute atomic E-state index is 13.7. The highest BCUT2D eigenvalue weighted by Crippen LogP contribution is 2.22. The summed E-state index contributed by atoms with van der Waals surface area (Å²) in [4.78, 5) is 10.7. The zero-order chi connectivity index (χ0) is 13.1. The number of benzene rings is 2. The summed E-state index contributed by atoms with van der Waals surface area (Å²) >= 11 is 0. The number of rotatable bonds is 3. The molecule has 0 heterocycles. The lowest BCUT2D eigenvalue weighted by Gasteiger charge is -2.09. The van der Waals surface area contributed by atoms with Gasteiger partial charge in [0, 0.05) is 5.69 Å². The predicted molar refractivity (Wildman–Crippen MR) is 67.8 cm³/mol. The molecule has 0 spiro atoms. The van der Waals surface area contributed by atoms with E-state index in [9.17, 15) is 9.18 Å². The molecule has 0 saturated carbocycles. The molecular formula is C14H12FNO2. The van der Waals surface area contributed by atoms with Gasteiger partial charge in [-0.05, 0) is 42.8 Å². The highest BCUT2D eigenvalue weighted by molar-refractivity contribution is 5.88. The zero-order valence-electron chi connectivity index (χ0n) is 9.77. The van der Waals surface area contributed by atoms with Crippen LogP contribution in [0.4, 0.5) is 15.8 Å². The van der Waals surface area contributed by atoms with Crippen molar-refractivity contribution in [3.63, 3.8) is 0 Å². The highest BCUT2D eigenvalue weighted by Gasteiger charge is 2.06. The first kappa shape index (κ1) is 12.1. The van der Waals surface area contributed by atoms with E-state index in [1.807, 2.05) is 0 Å². The maximum Gasteiger partial charge on any atom is 0.335 e. The van der Waals surface area contributed by atoms with Crippen LogP contribution in [0.5, 0.6) is 0 Å². The average molecular weight is 245 g/mol. The number of aromatic carboxylic acids is 1. The minimum atomic E-state index is -0.983. The Hall–Kier alpha value is -2.36. The molecule has 18 heavy (non-hydrogen) atoms. The summed E-state index contributed by atoms with van der Waals surface area (Å²) in [5.41, 5.74) is 1.77. The molecule has 2 N–H and O–H groups in total. The molecule has 0 aliphatic carbocycles. The summed E-state index contributed by atoms with van der Waals surface area (Å²) in [7, 11) is 0. The second kappa shape index (κ2) is 4.87. The Kier molecular flexibility index (Phi) is 3.28. The fourth-order valence-electron chi connectivity index (χ4n) is 1.60. The lowest BCUT2D eigenvalue weighted by Crippen LogP contribution is -1.98. The normalized spacial score (nSPS) is 10.1. The van der Waals surface area contributed by atoms with Crippen LogP contribution in [0.2, 0.25) is 0 Å². The van der Waals surface area contributed by atoms with E-state index in [2.05, 4.69) is 5.32 Å². The van der Waals surface area contributed by atoms with Crippen LogP contribution in [0.3, 0.4) is 0 Å². The third kappa shape index (κ3) is 2.48. The van der Waals surface area contributed by atoms with Crippen molar-refractivity contribution in [1.29, 1.82) is 0 Å². The van der Waals surface area contributed by atoms with Gasteiger partial charge in [-0.3, -0.25) is 0 Å². The minimum absolute atomic E-state index is 0.199.